The molecule has 0 aliphatic rings. The van der Waals surface area contributed by atoms with Gasteiger partial charge < -0.3 is 4.74 Å². The number of aryl methyl sites for hydroxylation is 2. The van der Waals surface area contributed by atoms with Crippen LogP contribution in [0.15, 0.2) is 41.5 Å². The van der Waals surface area contributed by atoms with E-state index in [0.29, 0.717) is 5.75 Å². The molecule has 4 nitrogen and oxygen atoms in total. The summed E-state index contributed by atoms with van der Waals surface area (Å²) in [7, 11) is 0. The Labute approximate surface area is 128 Å². The number of hydrogen-bond acceptors (Lipinski definition) is 4. The van der Waals surface area contributed by atoms with Crippen LogP contribution in [0.3, 0.4) is 0 Å². The van der Waals surface area contributed by atoms with Crippen LogP contribution in [0.25, 0.3) is 0 Å². The molecule has 0 saturated heterocycles. The molecule has 0 unspecified atom stereocenters. The third-order valence-electron chi connectivity index (χ3n) is 2.84. The molecule has 0 saturated carbocycles. The third-order valence-corrected chi connectivity index (χ3v) is 3.78. The van der Waals surface area contributed by atoms with E-state index in [1.807, 2.05) is 43.3 Å². The number of carbonyl (C=O) groups is 1. The van der Waals surface area contributed by atoms with E-state index in [1.165, 1.54) is 10.4 Å². The summed E-state index contributed by atoms with van der Waals surface area (Å²) in [4.78, 5) is 13.8. The van der Waals surface area contributed by atoms with Crippen molar-refractivity contribution in [1.29, 1.82) is 0 Å². The molecular formula is C16H18N2O2S. The number of nitrogens with zero attached hydrogens (tertiary/aromatic N) is 1. The van der Waals surface area contributed by atoms with Crippen molar-refractivity contribution in [2.45, 2.75) is 20.3 Å². The molecule has 0 fully saturated rings. The van der Waals surface area contributed by atoms with Crippen molar-refractivity contribution in [3.05, 3.63) is 51.7 Å². The van der Waals surface area contributed by atoms with Crippen molar-refractivity contribution in [2.24, 2.45) is 5.10 Å². The number of thiophene rings is 1. The van der Waals surface area contributed by atoms with E-state index in [-0.39, 0.29) is 12.5 Å². The summed E-state index contributed by atoms with van der Waals surface area (Å²) < 4.78 is 5.39. The minimum absolute atomic E-state index is 0.0493. The molecule has 1 N–H and O–H groups in total. The Bertz CT molecular complexity index is 617. The second-order valence-corrected chi connectivity index (χ2v) is 5.85. The Kier molecular flexibility index (Phi) is 5.51. The SMILES string of the molecule is CCc1ccc(OCC(=O)NN=Cc2ccc(C)s2)cc1. The fourth-order valence-electron chi connectivity index (χ4n) is 1.69. The van der Waals surface area contributed by atoms with Crippen LogP contribution < -0.4 is 10.2 Å². The average Bonchev–Trinajstić information content (AvgIpc) is 2.91. The fourth-order valence-corrected chi connectivity index (χ4v) is 2.44. The van der Waals surface area contributed by atoms with Crippen LogP contribution in [0.4, 0.5) is 0 Å². The quantitative estimate of drug-likeness (QED) is 0.658. The summed E-state index contributed by atoms with van der Waals surface area (Å²) in [5, 5.41) is 3.90. The van der Waals surface area contributed by atoms with Crippen LogP contribution in [0, 0.1) is 6.92 Å². The Morgan fingerprint density at radius 3 is 2.67 bits per heavy atom. The van der Waals surface area contributed by atoms with Gasteiger partial charge in [0.1, 0.15) is 5.75 Å². The summed E-state index contributed by atoms with van der Waals surface area (Å²) in [6.07, 6.45) is 2.61. The highest BCUT2D eigenvalue weighted by molar-refractivity contribution is 7.13. The van der Waals surface area contributed by atoms with Crippen LogP contribution in [-0.2, 0) is 11.2 Å². The summed E-state index contributed by atoms with van der Waals surface area (Å²) in [5.41, 5.74) is 3.68. The van der Waals surface area contributed by atoms with Crippen molar-refractivity contribution >= 4 is 23.5 Å². The maximum atomic E-state index is 11.6. The lowest BCUT2D eigenvalue weighted by molar-refractivity contribution is -0.123. The summed E-state index contributed by atoms with van der Waals surface area (Å²) >= 11 is 1.62. The standard InChI is InChI=1S/C16H18N2O2S/c1-3-13-5-7-14(8-6-13)20-11-16(19)18-17-10-15-9-4-12(2)21-15/h4-10H,3,11H2,1-2H3,(H,18,19). The lowest BCUT2D eigenvalue weighted by atomic mass is 10.2. The molecule has 1 aromatic carbocycles. The topological polar surface area (TPSA) is 50.7 Å². The van der Waals surface area contributed by atoms with Gasteiger partial charge in [0, 0.05) is 9.75 Å². The number of rotatable bonds is 6. The zero-order valence-corrected chi connectivity index (χ0v) is 12.9. The van der Waals surface area contributed by atoms with Gasteiger partial charge >= 0.3 is 0 Å². The first-order valence-corrected chi connectivity index (χ1v) is 7.59. The van der Waals surface area contributed by atoms with Gasteiger partial charge in [0.05, 0.1) is 6.21 Å². The van der Waals surface area contributed by atoms with Crippen molar-refractivity contribution < 1.29 is 9.53 Å². The molecule has 0 aliphatic carbocycles. The highest BCUT2D eigenvalue weighted by Crippen LogP contribution is 2.13. The molecule has 1 heterocycles. The largest absolute Gasteiger partial charge is 0.484 e. The predicted octanol–water partition coefficient (Wildman–Crippen LogP) is 3.15. The number of amides is 1. The third kappa shape index (κ3) is 5.04. The van der Waals surface area contributed by atoms with E-state index in [0.717, 1.165) is 11.3 Å². The molecule has 0 aliphatic heterocycles. The Hall–Kier alpha value is -2.14. The van der Waals surface area contributed by atoms with Gasteiger partial charge in [0.25, 0.3) is 5.91 Å². The number of hydrogen-bond donors (Lipinski definition) is 1. The predicted molar refractivity (Wildman–Crippen MR) is 86.1 cm³/mol. The van der Waals surface area contributed by atoms with E-state index in [9.17, 15) is 4.79 Å². The van der Waals surface area contributed by atoms with E-state index >= 15 is 0 Å². The lowest BCUT2D eigenvalue weighted by Crippen LogP contribution is -2.24. The second kappa shape index (κ2) is 7.59. The molecular weight excluding hydrogens is 284 g/mol. The highest BCUT2D eigenvalue weighted by Gasteiger charge is 2.01. The fraction of sp³-hybridized carbons (Fsp3) is 0.250. The van der Waals surface area contributed by atoms with Crippen molar-refractivity contribution in [3.8, 4) is 5.75 Å². The second-order valence-electron chi connectivity index (χ2n) is 4.53. The molecule has 0 bridgehead atoms. The number of carbonyl (C=O) groups excluding carboxylic acids is 1. The van der Waals surface area contributed by atoms with Gasteiger partial charge in [-0.25, -0.2) is 5.43 Å². The van der Waals surface area contributed by atoms with Crippen molar-refractivity contribution in [2.75, 3.05) is 6.61 Å². The molecule has 0 atom stereocenters. The van der Waals surface area contributed by atoms with Gasteiger partial charge in [0.15, 0.2) is 6.61 Å². The van der Waals surface area contributed by atoms with Crippen LogP contribution in [0.1, 0.15) is 22.2 Å². The molecule has 0 radical (unpaired) electrons. The van der Waals surface area contributed by atoms with Crippen LogP contribution >= 0.6 is 11.3 Å². The first kappa shape index (κ1) is 15.3. The monoisotopic (exact) mass is 302 g/mol. The summed E-state index contributed by atoms with van der Waals surface area (Å²) in [6.45, 7) is 4.07. The Morgan fingerprint density at radius 1 is 1.29 bits per heavy atom. The Balaban J connectivity index is 1.75. The molecule has 110 valence electrons. The van der Waals surface area contributed by atoms with Gasteiger partial charge in [-0.3, -0.25) is 4.79 Å². The van der Waals surface area contributed by atoms with E-state index in [2.05, 4.69) is 17.5 Å². The maximum absolute atomic E-state index is 11.6. The first-order chi connectivity index (χ1) is 10.2. The number of ether oxygens (including phenoxy) is 1. The number of nitrogens with one attached hydrogen (secondary N) is 1. The average molecular weight is 302 g/mol. The van der Waals surface area contributed by atoms with Gasteiger partial charge in [-0.05, 0) is 43.2 Å². The van der Waals surface area contributed by atoms with E-state index in [1.54, 1.807) is 17.6 Å². The van der Waals surface area contributed by atoms with E-state index in [4.69, 9.17) is 4.74 Å². The van der Waals surface area contributed by atoms with E-state index < -0.39 is 0 Å². The van der Waals surface area contributed by atoms with Crippen molar-refractivity contribution in [1.82, 2.24) is 5.43 Å². The molecule has 1 amide bonds. The number of hydrazone groups is 1. The van der Waals surface area contributed by atoms with Crippen LogP contribution in [-0.4, -0.2) is 18.7 Å². The lowest BCUT2D eigenvalue weighted by Gasteiger charge is -2.05. The highest BCUT2D eigenvalue weighted by atomic mass is 32.1. The van der Waals surface area contributed by atoms with Gasteiger partial charge in [0.2, 0.25) is 0 Å². The molecule has 5 heteroatoms. The van der Waals surface area contributed by atoms with Crippen molar-refractivity contribution in [3.63, 3.8) is 0 Å². The minimum Gasteiger partial charge on any atom is -0.484 e. The molecule has 2 aromatic rings. The maximum Gasteiger partial charge on any atom is 0.277 e. The zero-order valence-electron chi connectivity index (χ0n) is 12.1. The van der Waals surface area contributed by atoms with Gasteiger partial charge in [-0.1, -0.05) is 19.1 Å². The van der Waals surface area contributed by atoms with Gasteiger partial charge in [-0.15, -0.1) is 11.3 Å². The molecule has 1 aromatic heterocycles. The Morgan fingerprint density at radius 2 is 2.05 bits per heavy atom. The molecule has 0 spiro atoms. The number of benzene rings is 1. The normalized spacial score (nSPS) is 10.8. The first-order valence-electron chi connectivity index (χ1n) is 6.77. The van der Waals surface area contributed by atoms with Crippen LogP contribution in [0.5, 0.6) is 5.75 Å². The van der Waals surface area contributed by atoms with Crippen LogP contribution in [0.2, 0.25) is 0 Å². The summed E-state index contributed by atoms with van der Waals surface area (Å²) in [5.74, 6) is 0.402. The minimum atomic E-state index is -0.279. The zero-order chi connectivity index (χ0) is 15.1. The molecule has 2 rings (SSSR count). The molecule has 21 heavy (non-hydrogen) atoms. The smallest absolute Gasteiger partial charge is 0.277 e. The van der Waals surface area contributed by atoms with Gasteiger partial charge in [-0.2, -0.15) is 5.10 Å². The summed E-state index contributed by atoms with van der Waals surface area (Å²) in [6, 6.07) is 11.7.